The molecule has 2 aromatic carbocycles. The van der Waals surface area contributed by atoms with Crippen LogP contribution in [-0.4, -0.2) is 21.0 Å². The van der Waals surface area contributed by atoms with Crippen LogP contribution >= 0.6 is 0 Å². The number of rotatable bonds is 7. The van der Waals surface area contributed by atoms with Crippen molar-refractivity contribution in [1.29, 1.82) is 0 Å². The number of carbonyl (C=O) groups is 1. The zero-order valence-electron chi connectivity index (χ0n) is 13.8. The summed E-state index contributed by atoms with van der Waals surface area (Å²) in [6.45, 7) is 1.30. The van der Waals surface area contributed by atoms with Crippen LogP contribution in [0, 0.1) is 6.92 Å². The molecule has 0 heterocycles. The fraction of sp³-hybridized carbons (Fsp3) is 0.167. The van der Waals surface area contributed by atoms with Crippen LogP contribution < -0.4 is 0 Å². The minimum absolute atomic E-state index is 0.247. The van der Waals surface area contributed by atoms with Gasteiger partial charge in [-0.15, -0.1) is 0 Å². The molecule has 0 N–H and O–H groups in total. The lowest BCUT2D eigenvalue weighted by molar-refractivity contribution is 0.0499. The molecule has 0 radical (unpaired) electrons. The topological polar surface area (TPSA) is 69.7 Å². The standard InChI is InChI=1S/C18H16F2O5S/c1-13-7-9-15(10-8-13)26(22,23)25-16(17(19)20)11-12-24-18(21)14-5-3-2-4-6-14/h2-10H,11-12H2,1H3. The van der Waals surface area contributed by atoms with Crippen LogP contribution in [0.5, 0.6) is 0 Å². The molecule has 0 atom stereocenters. The summed E-state index contributed by atoms with van der Waals surface area (Å²) < 4.78 is 59.6. The number of hydrogen-bond acceptors (Lipinski definition) is 5. The molecule has 5 nitrogen and oxygen atoms in total. The number of aryl methyl sites for hydroxylation is 1. The summed E-state index contributed by atoms with van der Waals surface area (Å²) in [4.78, 5) is 11.5. The van der Waals surface area contributed by atoms with Crippen molar-refractivity contribution in [3.05, 3.63) is 77.6 Å². The van der Waals surface area contributed by atoms with Crippen molar-refractivity contribution in [1.82, 2.24) is 0 Å². The summed E-state index contributed by atoms with van der Waals surface area (Å²) in [5.74, 6) is -1.77. The van der Waals surface area contributed by atoms with Gasteiger partial charge >= 0.3 is 22.2 Å². The van der Waals surface area contributed by atoms with Crippen molar-refractivity contribution in [2.75, 3.05) is 6.61 Å². The van der Waals surface area contributed by atoms with E-state index in [0.717, 1.165) is 5.56 Å². The van der Waals surface area contributed by atoms with E-state index in [1.54, 1.807) is 25.1 Å². The van der Waals surface area contributed by atoms with Gasteiger partial charge < -0.3 is 8.92 Å². The van der Waals surface area contributed by atoms with Gasteiger partial charge in [0, 0.05) is 6.42 Å². The zero-order chi connectivity index (χ0) is 19.2. The molecule has 0 aliphatic carbocycles. The van der Waals surface area contributed by atoms with E-state index < -0.39 is 41.0 Å². The molecule has 0 aliphatic heterocycles. The molecule has 26 heavy (non-hydrogen) atoms. The van der Waals surface area contributed by atoms with E-state index in [2.05, 4.69) is 4.18 Å². The zero-order valence-corrected chi connectivity index (χ0v) is 14.6. The van der Waals surface area contributed by atoms with E-state index in [-0.39, 0.29) is 10.5 Å². The minimum atomic E-state index is -4.40. The molecule has 0 saturated heterocycles. The summed E-state index contributed by atoms with van der Waals surface area (Å²) >= 11 is 0. The number of benzene rings is 2. The van der Waals surface area contributed by atoms with Crippen molar-refractivity contribution in [3.8, 4) is 0 Å². The van der Waals surface area contributed by atoms with Crippen molar-refractivity contribution in [2.24, 2.45) is 0 Å². The van der Waals surface area contributed by atoms with E-state index in [1.165, 1.54) is 36.4 Å². The summed E-state index contributed by atoms with van der Waals surface area (Å²) in [6, 6.07) is 13.5. The van der Waals surface area contributed by atoms with E-state index in [0.29, 0.717) is 0 Å². The van der Waals surface area contributed by atoms with Gasteiger partial charge in [-0.05, 0) is 31.2 Å². The van der Waals surface area contributed by atoms with Crippen molar-refractivity contribution < 1.29 is 30.9 Å². The minimum Gasteiger partial charge on any atom is -0.462 e. The lowest BCUT2D eigenvalue weighted by Gasteiger charge is -2.10. The van der Waals surface area contributed by atoms with Gasteiger partial charge in [0.2, 0.25) is 0 Å². The van der Waals surface area contributed by atoms with Crippen LogP contribution in [0.3, 0.4) is 0 Å². The second-order valence-electron chi connectivity index (χ2n) is 5.29. The Morgan fingerprint density at radius 2 is 1.62 bits per heavy atom. The van der Waals surface area contributed by atoms with Gasteiger partial charge in [-0.2, -0.15) is 17.2 Å². The largest absolute Gasteiger partial charge is 0.462 e. The van der Waals surface area contributed by atoms with Crippen LogP contribution in [0.25, 0.3) is 0 Å². The molecule has 0 unspecified atom stereocenters. The maximum atomic E-state index is 13.0. The highest BCUT2D eigenvalue weighted by atomic mass is 32.2. The first-order valence-corrected chi connectivity index (χ1v) is 8.98. The molecule has 138 valence electrons. The van der Waals surface area contributed by atoms with Crippen molar-refractivity contribution >= 4 is 16.1 Å². The lowest BCUT2D eigenvalue weighted by atomic mass is 10.2. The molecule has 0 aliphatic rings. The number of esters is 1. The SMILES string of the molecule is Cc1ccc(S(=O)(=O)OC(CCOC(=O)c2ccccc2)=C(F)F)cc1. The summed E-state index contributed by atoms with van der Waals surface area (Å²) in [5, 5.41) is 0. The Kier molecular flexibility index (Phi) is 6.46. The summed E-state index contributed by atoms with van der Waals surface area (Å²) in [6.07, 6.45) is -2.87. The molecule has 0 bridgehead atoms. The quantitative estimate of drug-likeness (QED) is 0.410. The van der Waals surface area contributed by atoms with Crippen molar-refractivity contribution in [2.45, 2.75) is 18.2 Å². The highest BCUT2D eigenvalue weighted by Crippen LogP contribution is 2.22. The van der Waals surface area contributed by atoms with E-state index in [4.69, 9.17) is 4.74 Å². The Morgan fingerprint density at radius 1 is 1.00 bits per heavy atom. The third-order valence-corrected chi connectivity index (χ3v) is 4.57. The lowest BCUT2D eigenvalue weighted by Crippen LogP contribution is -2.11. The Labute approximate surface area is 150 Å². The van der Waals surface area contributed by atoms with Gasteiger partial charge in [-0.1, -0.05) is 35.9 Å². The molecular formula is C18H16F2O5S. The molecule has 2 rings (SSSR count). The van der Waals surface area contributed by atoms with E-state index in [1.807, 2.05) is 0 Å². The Hall–Kier alpha value is -2.74. The van der Waals surface area contributed by atoms with Crippen LogP contribution in [0.4, 0.5) is 8.78 Å². The average molecular weight is 382 g/mol. The Bertz CT molecular complexity index is 887. The molecule has 2 aromatic rings. The first-order valence-electron chi connectivity index (χ1n) is 7.57. The molecule has 0 spiro atoms. The predicted octanol–water partition coefficient (Wildman–Crippen LogP) is 4.06. The molecule has 0 saturated carbocycles. The van der Waals surface area contributed by atoms with E-state index >= 15 is 0 Å². The van der Waals surface area contributed by atoms with Crippen LogP contribution in [0.1, 0.15) is 22.3 Å². The number of hydrogen-bond donors (Lipinski definition) is 0. The van der Waals surface area contributed by atoms with Gasteiger partial charge in [-0.3, -0.25) is 0 Å². The number of carbonyl (C=O) groups excluding carboxylic acids is 1. The van der Waals surface area contributed by atoms with Crippen LogP contribution in [0.2, 0.25) is 0 Å². The molecule has 0 fully saturated rings. The third kappa shape index (κ3) is 5.38. The second kappa shape index (κ2) is 8.57. The van der Waals surface area contributed by atoms with Crippen LogP contribution in [-0.2, 0) is 19.0 Å². The first kappa shape index (κ1) is 19.6. The summed E-state index contributed by atoms with van der Waals surface area (Å²) in [5.41, 5.74) is 1.07. The van der Waals surface area contributed by atoms with E-state index in [9.17, 15) is 22.0 Å². The van der Waals surface area contributed by atoms with Gasteiger partial charge in [0.05, 0.1) is 12.2 Å². The highest BCUT2D eigenvalue weighted by molar-refractivity contribution is 7.86. The average Bonchev–Trinajstić information content (AvgIpc) is 2.61. The van der Waals surface area contributed by atoms with Gasteiger partial charge in [0.1, 0.15) is 4.90 Å². The van der Waals surface area contributed by atoms with Gasteiger partial charge in [0.15, 0.2) is 5.76 Å². The summed E-state index contributed by atoms with van der Waals surface area (Å²) in [7, 11) is -4.40. The normalized spacial score (nSPS) is 10.9. The van der Waals surface area contributed by atoms with Gasteiger partial charge in [0.25, 0.3) is 0 Å². The molecule has 0 aromatic heterocycles. The monoisotopic (exact) mass is 382 g/mol. The number of halogens is 2. The van der Waals surface area contributed by atoms with Crippen LogP contribution in [0.15, 0.2) is 71.3 Å². The van der Waals surface area contributed by atoms with Crippen molar-refractivity contribution in [3.63, 3.8) is 0 Å². The first-order chi connectivity index (χ1) is 12.3. The predicted molar refractivity (Wildman–Crippen MR) is 90.0 cm³/mol. The molecule has 0 amide bonds. The fourth-order valence-electron chi connectivity index (χ4n) is 1.95. The Morgan fingerprint density at radius 3 is 2.19 bits per heavy atom. The molecular weight excluding hydrogens is 366 g/mol. The molecule has 8 heteroatoms. The second-order valence-corrected chi connectivity index (χ2v) is 6.83. The number of ether oxygens (including phenoxy) is 1. The Balaban J connectivity index is 2.00. The smallest absolute Gasteiger partial charge is 0.339 e. The fourth-order valence-corrected chi connectivity index (χ4v) is 2.92. The van der Waals surface area contributed by atoms with Gasteiger partial charge in [-0.25, -0.2) is 4.79 Å². The maximum Gasteiger partial charge on any atom is 0.339 e. The highest BCUT2D eigenvalue weighted by Gasteiger charge is 2.21. The third-order valence-electron chi connectivity index (χ3n) is 3.30. The maximum absolute atomic E-state index is 13.0.